The zero-order chi connectivity index (χ0) is 13.4. The van der Waals surface area contributed by atoms with E-state index in [-0.39, 0.29) is 10.9 Å². The lowest BCUT2D eigenvalue weighted by atomic mass is 10.2. The number of aryl methyl sites for hydroxylation is 1. The molecular weight excluding hydrogens is 255 g/mol. The van der Waals surface area contributed by atoms with Crippen LogP contribution in [0.25, 0.3) is 0 Å². The Labute approximate surface area is 109 Å². The summed E-state index contributed by atoms with van der Waals surface area (Å²) in [4.78, 5) is 0. The van der Waals surface area contributed by atoms with E-state index in [1.807, 2.05) is 0 Å². The van der Waals surface area contributed by atoms with Crippen molar-refractivity contribution in [2.75, 3.05) is 0 Å². The maximum absolute atomic E-state index is 13.5. The van der Waals surface area contributed by atoms with Gasteiger partial charge in [-0.15, -0.1) is 0 Å². The molecule has 0 unspecified atom stereocenters. The van der Waals surface area contributed by atoms with Crippen molar-refractivity contribution >= 4 is 19.9 Å². The van der Waals surface area contributed by atoms with Crippen molar-refractivity contribution in [1.82, 2.24) is 0 Å². The quantitative estimate of drug-likeness (QED) is 0.676. The normalized spacial score (nSPS) is 12.7. The van der Waals surface area contributed by atoms with Gasteiger partial charge < -0.3 is 4.43 Å². The van der Waals surface area contributed by atoms with Gasteiger partial charge in [-0.3, -0.25) is 0 Å². The van der Waals surface area contributed by atoms with Crippen molar-refractivity contribution in [3.05, 3.63) is 28.5 Å². The predicted molar refractivity (Wildman–Crippen MR) is 74.0 cm³/mol. The summed E-state index contributed by atoms with van der Waals surface area (Å²) >= 11 is 6.09. The van der Waals surface area contributed by atoms with Gasteiger partial charge >= 0.3 is 0 Å². The van der Waals surface area contributed by atoms with Gasteiger partial charge in [-0.2, -0.15) is 0 Å². The Bertz CT molecular complexity index is 424. The summed E-state index contributed by atoms with van der Waals surface area (Å²) in [6.07, 6.45) is 0. The van der Waals surface area contributed by atoms with E-state index in [1.165, 1.54) is 6.07 Å². The molecule has 0 amide bonds. The second-order valence-corrected chi connectivity index (χ2v) is 11.0. The van der Waals surface area contributed by atoms with E-state index in [9.17, 15) is 4.39 Å². The lowest BCUT2D eigenvalue weighted by Crippen LogP contribution is -2.43. The van der Waals surface area contributed by atoms with Crippen molar-refractivity contribution < 1.29 is 8.82 Å². The molecule has 1 aromatic rings. The molecule has 0 spiro atoms. The van der Waals surface area contributed by atoms with Gasteiger partial charge in [0.05, 0.1) is 5.02 Å². The van der Waals surface area contributed by atoms with E-state index in [2.05, 4.69) is 33.9 Å². The van der Waals surface area contributed by atoms with Gasteiger partial charge in [0, 0.05) is 6.07 Å². The van der Waals surface area contributed by atoms with Gasteiger partial charge in [-0.05, 0) is 36.7 Å². The Balaban J connectivity index is 3.08. The molecule has 0 N–H and O–H groups in total. The molecule has 96 valence electrons. The Kier molecular flexibility index (Phi) is 3.94. The van der Waals surface area contributed by atoms with Crippen LogP contribution in [-0.4, -0.2) is 8.32 Å². The van der Waals surface area contributed by atoms with Crippen LogP contribution >= 0.6 is 11.6 Å². The first kappa shape index (κ1) is 14.5. The fourth-order valence-electron chi connectivity index (χ4n) is 1.13. The van der Waals surface area contributed by atoms with Crippen molar-refractivity contribution in [2.45, 2.75) is 45.8 Å². The Morgan fingerprint density at radius 1 is 1.24 bits per heavy atom. The Hall–Kier alpha value is -0.543. The van der Waals surface area contributed by atoms with Crippen LogP contribution in [-0.2, 0) is 0 Å². The monoisotopic (exact) mass is 274 g/mol. The maximum atomic E-state index is 13.5. The van der Waals surface area contributed by atoms with Gasteiger partial charge in [-0.25, -0.2) is 4.39 Å². The lowest BCUT2D eigenvalue weighted by molar-refractivity contribution is 0.487. The molecule has 1 rings (SSSR count). The fourth-order valence-corrected chi connectivity index (χ4v) is 2.48. The molecule has 0 aliphatic heterocycles. The van der Waals surface area contributed by atoms with Crippen molar-refractivity contribution in [1.29, 1.82) is 0 Å². The minimum atomic E-state index is -1.97. The third-order valence-electron chi connectivity index (χ3n) is 3.38. The highest BCUT2D eigenvalue weighted by atomic mass is 35.5. The van der Waals surface area contributed by atoms with E-state index < -0.39 is 8.32 Å². The number of hydrogen-bond acceptors (Lipinski definition) is 1. The van der Waals surface area contributed by atoms with Crippen LogP contribution in [0.2, 0.25) is 23.2 Å². The molecule has 0 bridgehead atoms. The smallest absolute Gasteiger partial charge is 0.250 e. The van der Waals surface area contributed by atoms with Crippen LogP contribution in [0.1, 0.15) is 26.3 Å². The summed E-state index contributed by atoms with van der Waals surface area (Å²) in [6.45, 7) is 12.3. The fraction of sp³-hybridized carbons (Fsp3) is 0.538. The van der Waals surface area contributed by atoms with E-state index >= 15 is 0 Å². The van der Waals surface area contributed by atoms with Gasteiger partial charge in [0.15, 0.2) is 0 Å². The molecule has 0 fully saturated rings. The average Bonchev–Trinajstić information content (AvgIpc) is 2.12. The van der Waals surface area contributed by atoms with Crippen LogP contribution < -0.4 is 4.43 Å². The first-order chi connectivity index (χ1) is 7.54. The summed E-state index contributed by atoms with van der Waals surface area (Å²) in [5.41, 5.74) is 0.539. The molecule has 0 saturated heterocycles. The molecule has 4 heteroatoms. The number of benzene rings is 1. The van der Waals surface area contributed by atoms with Crippen molar-refractivity contribution in [3.8, 4) is 5.75 Å². The molecule has 0 aliphatic carbocycles. The summed E-state index contributed by atoms with van der Waals surface area (Å²) in [7, 11) is -1.97. The van der Waals surface area contributed by atoms with E-state index in [0.717, 1.165) is 0 Å². The lowest BCUT2D eigenvalue weighted by Gasteiger charge is -2.36. The minimum Gasteiger partial charge on any atom is -0.542 e. The van der Waals surface area contributed by atoms with Gasteiger partial charge in [-0.1, -0.05) is 32.4 Å². The first-order valence-corrected chi connectivity index (χ1v) is 8.98. The van der Waals surface area contributed by atoms with E-state index in [0.29, 0.717) is 16.3 Å². The van der Waals surface area contributed by atoms with E-state index in [4.69, 9.17) is 16.0 Å². The highest BCUT2D eigenvalue weighted by Crippen LogP contribution is 2.39. The average molecular weight is 275 g/mol. The molecule has 0 radical (unpaired) electrons. The summed E-state index contributed by atoms with van der Waals surface area (Å²) in [5, 5.41) is 0.547. The summed E-state index contributed by atoms with van der Waals surface area (Å²) in [6, 6.07) is 3.00. The Morgan fingerprint density at radius 2 is 1.76 bits per heavy atom. The van der Waals surface area contributed by atoms with Crippen LogP contribution in [0.4, 0.5) is 4.39 Å². The molecule has 1 nitrogen and oxygen atoms in total. The largest absolute Gasteiger partial charge is 0.542 e. The molecular formula is C13H20ClFOSi. The molecule has 17 heavy (non-hydrogen) atoms. The van der Waals surface area contributed by atoms with E-state index in [1.54, 1.807) is 13.0 Å². The number of halogens is 2. The number of rotatable bonds is 2. The third-order valence-corrected chi connectivity index (χ3v) is 8.02. The zero-order valence-electron chi connectivity index (χ0n) is 11.3. The summed E-state index contributed by atoms with van der Waals surface area (Å²) < 4.78 is 19.5. The highest BCUT2D eigenvalue weighted by molar-refractivity contribution is 6.74. The van der Waals surface area contributed by atoms with Crippen LogP contribution in [0.3, 0.4) is 0 Å². The minimum absolute atomic E-state index is 0.0672. The van der Waals surface area contributed by atoms with Crippen molar-refractivity contribution in [3.63, 3.8) is 0 Å². The van der Waals surface area contributed by atoms with Crippen LogP contribution in [0.15, 0.2) is 12.1 Å². The first-order valence-electron chi connectivity index (χ1n) is 5.69. The van der Waals surface area contributed by atoms with Gasteiger partial charge in [0.1, 0.15) is 11.6 Å². The second-order valence-electron chi connectivity index (χ2n) is 5.89. The zero-order valence-corrected chi connectivity index (χ0v) is 13.1. The maximum Gasteiger partial charge on any atom is 0.250 e. The SMILES string of the molecule is Cc1cc(Cl)c(O[Si](C)(C)C(C)(C)C)cc1F. The second kappa shape index (κ2) is 4.62. The van der Waals surface area contributed by atoms with Gasteiger partial charge in [0.2, 0.25) is 0 Å². The van der Waals surface area contributed by atoms with Crippen LogP contribution in [0, 0.1) is 12.7 Å². The van der Waals surface area contributed by atoms with Crippen molar-refractivity contribution in [2.24, 2.45) is 0 Å². The summed E-state index contributed by atoms with van der Waals surface area (Å²) in [5.74, 6) is 0.185. The van der Waals surface area contributed by atoms with Crippen LogP contribution in [0.5, 0.6) is 5.75 Å². The molecule has 0 aromatic heterocycles. The molecule has 0 atom stereocenters. The molecule has 1 aromatic carbocycles. The molecule has 0 saturated carbocycles. The highest BCUT2D eigenvalue weighted by Gasteiger charge is 2.39. The third kappa shape index (κ3) is 3.23. The van der Waals surface area contributed by atoms with Gasteiger partial charge in [0.25, 0.3) is 8.32 Å². The standard InChI is InChI=1S/C13H20ClFOSi/c1-9-7-10(14)12(8-11(9)15)16-17(5,6)13(2,3)4/h7-8H,1-6H3. The predicted octanol–water partition coefficient (Wildman–Crippen LogP) is 5.17. The molecule has 0 heterocycles. The Morgan fingerprint density at radius 3 is 2.24 bits per heavy atom. The topological polar surface area (TPSA) is 9.23 Å². The molecule has 0 aliphatic rings. The number of hydrogen-bond donors (Lipinski definition) is 0.